The molecule has 24 heavy (non-hydrogen) atoms. The molecule has 0 amide bonds. The lowest BCUT2D eigenvalue weighted by Crippen LogP contribution is -2.10. The van der Waals surface area contributed by atoms with E-state index in [1.54, 1.807) is 22.7 Å². The first kappa shape index (κ1) is 17.6. The van der Waals surface area contributed by atoms with Crippen molar-refractivity contribution in [1.29, 1.82) is 0 Å². The fraction of sp³-hybridized carbons (Fsp3) is 0.312. The zero-order valence-electron chi connectivity index (χ0n) is 13.7. The molecule has 1 unspecified atom stereocenters. The molecule has 0 radical (unpaired) electrons. The zero-order chi connectivity index (χ0) is 17.4. The molecule has 0 bridgehead atoms. The number of thiophene rings is 2. The van der Waals surface area contributed by atoms with Gasteiger partial charge in [0.05, 0.1) is 0 Å². The topological polar surface area (TPSA) is 68.9 Å². The van der Waals surface area contributed by atoms with E-state index in [4.69, 9.17) is 5.73 Å². The van der Waals surface area contributed by atoms with Gasteiger partial charge >= 0.3 is 0 Å². The molecule has 0 spiro atoms. The summed E-state index contributed by atoms with van der Waals surface area (Å²) in [5.74, 6) is 0.122. The Hall–Kier alpha value is -1.22. The third kappa shape index (κ3) is 3.56. The number of anilines is 1. The Morgan fingerprint density at radius 3 is 2.21 bits per heavy atom. The third-order valence-corrected chi connectivity index (χ3v) is 7.57. The standard InChI is InChI=1S/C16H17N3OS4/c1-7-5-11(9(3)21-7)13(20)14(12-6-8(2)22-10(12)4)23-16-19-18-15(17)24-16/h5-6,14H,1-4H3,(H2,17,18). The minimum Gasteiger partial charge on any atom is -0.374 e. The highest BCUT2D eigenvalue weighted by Crippen LogP contribution is 2.43. The van der Waals surface area contributed by atoms with E-state index >= 15 is 0 Å². The monoisotopic (exact) mass is 395 g/mol. The van der Waals surface area contributed by atoms with Crippen LogP contribution in [0.1, 0.15) is 40.7 Å². The molecule has 1 atom stereocenters. The van der Waals surface area contributed by atoms with Gasteiger partial charge in [0.1, 0.15) is 5.25 Å². The lowest BCUT2D eigenvalue weighted by molar-refractivity contribution is 0.0989. The van der Waals surface area contributed by atoms with E-state index in [1.807, 2.05) is 19.9 Å². The average Bonchev–Trinajstić information content (AvgIpc) is 3.15. The molecular weight excluding hydrogens is 378 g/mol. The van der Waals surface area contributed by atoms with Gasteiger partial charge in [-0.3, -0.25) is 4.79 Å². The molecule has 0 saturated carbocycles. The van der Waals surface area contributed by atoms with Gasteiger partial charge < -0.3 is 5.73 Å². The van der Waals surface area contributed by atoms with Crippen molar-refractivity contribution in [1.82, 2.24) is 10.2 Å². The van der Waals surface area contributed by atoms with Gasteiger partial charge in [0.15, 0.2) is 10.1 Å². The Morgan fingerprint density at radius 1 is 1.04 bits per heavy atom. The molecule has 3 heterocycles. The first-order chi connectivity index (χ1) is 11.3. The predicted octanol–water partition coefficient (Wildman–Crippen LogP) is 5.19. The summed E-state index contributed by atoms with van der Waals surface area (Å²) in [4.78, 5) is 17.8. The van der Waals surface area contributed by atoms with E-state index in [2.05, 4.69) is 30.1 Å². The Morgan fingerprint density at radius 2 is 1.71 bits per heavy atom. The minimum absolute atomic E-state index is 0.122. The van der Waals surface area contributed by atoms with Crippen molar-refractivity contribution in [3.63, 3.8) is 0 Å². The van der Waals surface area contributed by atoms with Gasteiger partial charge in [0.2, 0.25) is 5.13 Å². The summed E-state index contributed by atoms with van der Waals surface area (Å²) in [6, 6.07) is 4.09. The van der Waals surface area contributed by atoms with E-state index in [1.165, 1.54) is 32.9 Å². The number of nitrogens with two attached hydrogens (primary N) is 1. The number of carbonyl (C=O) groups excluding carboxylic acids is 1. The van der Waals surface area contributed by atoms with Gasteiger partial charge in [0.25, 0.3) is 0 Å². The van der Waals surface area contributed by atoms with Crippen molar-refractivity contribution >= 4 is 56.7 Å². The van der Waals surface area contributed by atoms with Crippen LogP contribution in [0.3, 0.4) is 0 Å². The number of aromatic nitrogens is 2. The fourth-order valence-corrected chi connectivity index (χ4v) is 6.50. The largest absolute Gasteiger partial charge is 0.374 e. The van der Waals surface area contributed by atoms with Crippen LogP contribution < -0.4 is 5.73 Å². The first-order valence-electron chi connectivity index (χ1n) is 7.29. The van der Waals surface area contributed by atoms with Crippen molar-refractivity contribution in [3.8, 4) is 0 Å². The molecule has 3 aromatic heterocycles. The minimum atomic E-state index is -0.324. The van der Waals surface area contributed by atoms with Crippen molar-refractivity contribution < 1.29 is 4.79 Å². The second-order valence-electron chi connectivity index (χ2n) is 5.46. The van der Waals surface area contributed by atoms with Gasteiger partial charge in [0, 0.05) is 25.1 Å². The SMILES string of the molecule is Cc1cc(C(=O)C(Sc2nnc(N)s2)c2cc(C)sc2C)c(C)s1. The Kier molecular flexibility index (Phi) is 5.10. The van der Waals surface area contributed by atoms with Crippen LogP contribution in [-0.4, -0.2) is 16.0 Å². The van der Waals surface area contributed by atoms with Crippen LogP contribution in [0.15, 0.2) is 16.5 Å². The summed E-state index contributed by atoms with van der Waals surface area (Å²) >= 11 is 6.13. The molecule has 0 aromatic carbocycles. The average molecular weight is 396 g/mol. The molecule has 4 nitrogen and oxygen atoms in total. The zero-order valence-corrected chi connectivity index (χ0v) is 17.0. The van der Waals surface area contributed by atoms with Crippen LogP contribution in [0.5, 0.6) is 0 Å². The lowest BCUT2D eigenvalue weighted by atomic mass is 10.0. The summed E-state index contributed by atoms with van der Waals surface area (Å²) in [5, 5.41) is 8.04. The maximum absolute atomic E-state index is 13.3. The number of hydrogen-bond acceptors (Lipinski definition) is 8. The van der Waals surface area contributed by atoms with Gasteiger partial charge in [-0.05, 0) is 45.4 Å². The van der Waals surface area contributed by atoms with Crippen molar-refractivity contribution in [2.45, 2.75) is 37.3 Å². The number of thioether (sulfide) groups is 1. The molecular formula is C16H17N3OS4. The van der Waals surface area contributed by atoms with E-state index in [9.17, 15) is 4.79 Å². The highest BCUT2D eigenvalue weighted by molar-refractivity contribution is 8.02. The highest BCUT2D eigenvalue weighted by Gasteiger charge is 2.29. The number of ketones is 1. The van der Waals surface area contributed by atoms with Gasteiger partial charge in [-0.15, -0.1) is 32.9 Å². The lowest BCUT2D eigenvalue weighted by Gasteiger charge is -2.14. The normalized spacial score (nSPS) is 12.5. The number of aryl methyl sites for hydroxylation is 4. The van der Waals surface area contributed by atoms with E-state index in [-0.39, 0.29) is 11.0 Å². The molecule has 0 saturated heterocycles. The van der Waals surface area contributed by atoms with E-state index in [0.717, 1.165) is 25.2 Å². The Balaban J connectivity index is 2.02. The summed E-state index contributed by atoms with van der Waals surface area (Å²) in [5.41, 5.74) is 7.55. The fourth-order valence-electron chi connectivity index (χ4n) is 2.55. The number of Topliss-reactive ketones (excluding diaryl/α,β-unsaturated/α-hetero) is 1. The molecule has 0 aliphatic heterocycles. The van der Waals surface area contributed by atoms with Crippen LogP contribution in [0.25, 0.3) is 0 Å². The molecule has 3 aromatic rings. The van der Waals surface area contributed by atoms with Gasteiger partial charge in [-0.25, -0.2) is 0 Å². The second-order valence-corrected chi connectivity index (χ2v) is 10.7. The number of nitrogen functional groups attached to an aromatic ring is 1. The molecule has 126 valence electrons. The maximum atomic E-state index is 13.3. The summed E-state index contributed by atoms with van der Waals surface area (Å²) in [6.07, 6.45) is 0. The van der Waals surface area contributed by atoms with Crippen LogP contribution >= 0.6 is 45.8 Å². The molecule has 0 aliphatic rings. The van der Waals surface area contributed by atoms with E-state index in [0.29, 0.717) is 5.13 Å². The second kappa shape index (κ2) is 6.95. The highest BCUT2D eigenvalue weighted by atomic mass is 32.2. The predicted molar refractivity (Wildman–Crippen MR) is 105 cm³/mol. The van der Waals surface area contributed by atoms with Crippen LogP contribution in [0.2, 0.25) is 0 Å². The maximum Gasteiger partial charge on any atom is 0.203 e. The molecule has 0 fully saturated rings. The molecule has 8 heteroatoms. The van der Waals surface area contributed by atoms with E-state index < -0.39 is 0 Å². The Labute approximate surface area is 157 Å². The van der Waals surface area contributed by atoms with Crippen LogP contribution in [-0.2, 0) is 0 Å². The quantitative estimate of drug-likeness (QED) is 0.475. The molecule has 2 N–H and O–H groups in total. The summed E-state index contributed by atoms with van der Waals surface area (Å²) < 4.78 is 0.721. The Bertz CT molecular complexity index is 893. The smallest absolute Gasteiger partial charge is 0.203 e. The molecule has 0 aliphatic carbocycles. The van der Waals surface area contributed by atoms with Crippen molar-refractivity contribution in [2.24, 2.45) is 0 Å². The third-order valence-electron chi connectivity index (χ3n) is 3.55. The molecule has 3 rings (SSSR count). The number of hydrogen-bond donors (Lipinski definition) is 1. The number of carbonyl (C=O) groups is 1. The number of nitrogens with zero attached hydrogens (tertiary/aromatic N) is 2. The summed E-state index contributed by atoms with van der Waals surface area (Å²) in [6.45, 7) is 8.16. The van der Waals surface area contributed by atoms with Crippen LogP contribution in [0, 0.1) is 27.7 Å². The summed E-state index contributed by atoms with van der Waals surface area (Å²) in [7, 11) is 0. The van der Waals surface area contributed by atoms with Crippen LogP contribution in [0.4, 0.5) is 5.13 Å². The van der Waals surface area contributed by atoms with Crippen molar-refractivity contribution in [3.05, 3.63) is 42.8 Å². The van der Waals surface area contributed by atoms with Crippen molar-refractivity contribution in [2.75, 3.05) is 5.73 Å². The number of rotatable bonds is 5. The first-order valence-corrected chi connectivity index (χ1v) is 10.6. The van der Waals surface area contributed by atoms with Gasteiger partial charge in [-0.1, -0.05) is 23.1 Å². The van der Waals surface area contributed by atoms with Gasteiger partial charge in [-0.2, -0.15) is 0 Å².